The number of carbonyl (C=O) groups excluding carboxylic acids is 3. The number of amides is 3. The summed E-state index contributed by atoms with van der Waals surface area (Å²) in [5, 5.41) is 5.64. The Bertz CT molecular complexity index is 1300. The molecule has 0 unspecified atom stereocenters. The molecule has 2 aliphatic rings. The van der Waals surface area contributed by atoms with Gasteiger partial charge in [-0.2, -0.15) is 0 Å². The van der Waals surface area contributed by atoms with Crippen molar-refractivity contribution >= 4 is 17.7 Å². The Labute approximate surface area is 220 Å². The first-order valence-corrected chi connectivity index (χ1v) is 12.3. The third-order valence-corrected chi connectivity index (χ3v) is 5.97. The van der Waals surface area contributed by atoms with Crippen molar-refractivity contribution in [3.8, 4) is 17.2 Å². The summed E-state index contributed by atoms with van der Waals surface area (Å²) in [5.74, 6) is -0.457. The summed E-state index contributed by atoms with van der Waals surface area (Å²) in [4.78, 5) is 44.0. The Morgan fingerprint density at radius 1 is 1.05 bits per heavy atom. The molecule has 0 saturated heterocycles. The molecule has 10 heteroatoms. The van der Waals surface area contributed by atoms with Crippen molar-refractivity contribution in [1.82, 2.24) is 20.5 Å². The summed E-state index contributed by atoms with van der Waals surface area (Å²) < 4.78 is 25.5. The highest BCUT2D eigenvalue weighted by Gasteiger charge is 2.18. The Kier molecular flexibility index (Phi) is 8.86. The van der Waals surface area contributed by atoms with Crippen LogP contribution in [0.25, 0.3) is 0 Å². The number of nitrogens with one attached hydrogen (secondary N) is 2. The largest absolute Gasteiger partial charge is 0.493 e. The van der Waals surface area contributed by atoms with E-state index in [2.05, 4.69) is 15.6 Å². The van der Waals surface area contributed by atoms with Crippen molar-refractivity contribution in [3.63, 3.8) is 0 Å². The smallest absolute Gasteiger partial charge is 0.272 e. The molecule has 3 aromatic rings. The molecule has 2 aliphatic heterocycles. The number of pyridine rings is 1. The zero-order valence-electron chi connectivity index (χ0n) is 21.0. The number of hydrogen-bond donors (Lipinski definition) is 2. The van der Waals surface area contributed by atoms with Gasteiger partial charge >= 0.3 is 0 Å². The van der Waals surface area contributed by atoms with Crippen LogP contribution in [0.15, 0.2) is 60.8 Å². The van der Waals surface area contributed by atoms with Crippen LogP contribution in [0.5, 0.6) is 17.2 Å². The highest BCUT2D eigenvalue weighted by molar-refractivity contribution is 5.95. The van der Waals surface area contributed by atoms with E-state index in [0.29, 0.717) is 60.8 Å². The molecule has 3 amide bonds. The number of halogens is 1. The van der Waals surface area contributed by atoms with Gasteiger partial charge < -0.3 is 25.0 Å². The molecule has 9 nitrogen and oxygen atoms in total. The molecule has 0 radical (unpaired) electrons. The van der Waals surface area contributed by atoms with Crippen LogP contribution >= 0.6 is 0 Å². The van der Waals surface area contributed by atoms with Crippen LogP contribution in [0.4, 0.5) is 4.39 Å². The summed E-state index contributed by atoms with van der Waals surface area (Å²) in [5.41, 5.74) is 1.20. The fourth-order valence-electron chi connectivity index (χ4n) is 4.06. The van der Waals surface area contributed by atoms with Crippen LogP contribution < -0.4 is 20.1 Å². The number of hydrogen-bond acceptors (Lipinski definition) is 6. The molecule has 5 rings (SSSR count). The van der Waals surface area contributed by atoms with Crippen LogP contribution in [0.3, 0.4) is 0 Å². The van der Waals surface area contributed by atoms with Crippen LogP contribution in [-0.4, -0.2) is 54.3 Å². The first-order valence-electron chi connectivity index (χ1n) is 12.3. The summed E-state index contributed by atoms with van der Waals surface area (Å²) in [7, 11) is 1.45. The first-order chi connectivity index (χ1) is 18.4. The van der Waals surface area contributed by atoms with Gasteiger partial charge in [-0.1, -0.05) is 6.07 Å². The fraction of sp³-hybridized carbons (Fsp3) is 0.286. The lowest BCUT2D eigenvalue weighted by Gasteiger charge is -2.22. The highest BCUT2D eigenvalue weighted by Crippen LogP contribution is 2.33. The first kappa shape index (κ1) is 26.6. The van der Waals surface area contributed by atoms with E-state index in [0.717, 1.165) is 0 Å². The minimum atomic E-state index is -0.521. The number of ether oxygens (including phenoxy) is 2. The average Bonchev–Trinajstić information content (AvgIpc) is 2.92. The predicted octanol–water partition coefficient (Wildman–Crippen LogP) is 3.69. The van der Waals surface area contributed by atoms with Crippen LogP contribution in [0, 0.1) is 5.82 Å². The number of methoxy groups -OCH3 is 1. The van der Waals surface area contributed by atoms with E-state index in [-0.39, 0.29) is 36.4 Å². The molecule has 0 atom stereocenters. The van der Waals surface area contributed by atoms with Gasteiger partial charge in [0.2, 0.25) is 5.91 Å². The van der Waals surface area contributed by atoms with Gasteiger partial charge in [0.1, 0.15) is 17.3 Å². The lowest BCUT2D eigenvalue weighted by atomic mass is 10.1. The summed E-state index contributed by atoms with van der Waals surface area (Å²) >= 11 is 0. The quantitative estimate of drug-likeness (QED) is 0.533. The van der Waals surface area contributed by atoms with Crippen molar-refractivity contribution < 1.29 is 28.2 Å². The lowest BCUT2D eigenvalue weighted by Crippen LogP contribution is -2.36. The molecule has 2 aromatic carbocycles. The minimum Gasteiger partial charge on any atom is -0.493 e. The van der Waals surface area contributed by atoms with Crippen molar-refractivity contribution in [1.29, 1.82) is 0 Å². The second-order valence-corrected chi connectivity index (χ2v) is 8.76. The highest BCUT2D eigenvalue weighted by atomic mass is 19.1. The van der Waals surface area contributed by atoms with Crippen molar-refractivity contribution in [2.75, 3.05) is 26.7 Å². The minimum absolute atomic E-state index is 0.111. The Morgan fingerprint density at radius 3 is 2.68 bits per heavy atom. The second-order valence-electron chi connectivity index (χ2n) is 8.76. The molecule has 0 spiro atoms. The monoisotopic (exact) mass is 520 g/mol. The molecule has 4 bridgehead atoms. The van der Waals surface area contributed by atoms with Crippen molar-refractivity contribution in [2.24, 2.45) is 0 Å². The van der Waals surface area contributed by atoms with Crippen molar-refractivity contribution in [3.05, 3.63) is 83.4 Å². The van der Waals surface area contributed by atoms with Crippen molar-refractivity contribution in [2.45, 2.75) is 25.8 Å². The standard InChI is InChI=1S/C28H29FN4O5/c1-37-25-16-20-8-9-24(25)38-22-15-19(14-21(29)17-22)18-32-26(34)7-4-12-33(13-5-11-31-27(20)35)28(36)23-6-2-3-10-30-23/h2-3,6,8-10,14-17H,4-5,7,11-13,18H2,1H3,(H,31,35)(H,32,34). The van der Waals surface area contributed by atoms with Crippen LogP contribution in [-0.2, 0) is 11.3 Å². The number of rotatable bonds is 2. The van der Waals surface area contributed by atoms with Crippen LogP contribution in [0.1, 0.15) is 45.7 Å². The molecular weight excluding hydrogens is 491 g/mol. The molecule has 0 aliphatic carbocycles. The third kappa shape index (κ3) is 7.06. The maximum atomic E-state index is 14.3. The van der Waals surface area contributed by atoms with Gasteiger partial charge in [0, 0.05) is 50.4 Å². The summed E-state index contributed by atoms with van der Waals surface area (Å²) in [6, 6.07) is 14.0. The number of fused-ring (bicyclic) bond motifs is 13. The van der Waals surface area contributed by atoms with E-state index in [9.17, 15) is 18.8 Å². The molecule has 2 N–H and O–H groups in total. The molecule has 0 fully saturated rings. The molecule has 198 valence electrons. The van der Waals surface area contributed by atoms with E-state index >= 15 is 0 Å². The predicted molar refractivity (Wildman–Crippen MR) is 138 cm³/mol. The van der Waals surface area contributed by atoms with Gasteiger partial charge in [-0.15, -0.1) is 0 Å². The van der Waals surface area contributed by atoms with Gasteiger partial charge in [-0.25, -0.2) is 4.39 Å². The van der Waals surface area contributed by atoms with Gasteiger partial charge in [0.25, 0.3) is 11.8 Å². The van der Waals surface area contributed by atoms with E-state index in [1.165, 1.54) is 19.2 Å². The molecule has 0 saturated carbocycles. The van der Waals surface area contributed by atoms with E-state index < -0.39 is 5.82 Å². The SMILES string of the molecule is COc1cc2ccc1Oc1cc(F)cc(c1)CNC(=O)CCCN(C(=O)c1ccccn1)CCCNC2=O. The van der Waals surface area contributed by atoms with Gasteiger partial charge in [-0.05, 0) is 60.9 Å². The topological polar surface area (TPSA) is 110 Å². The zero-order valence-corrected chi connectivity index (χ0v) is 21.0. The maximum absolute atomic E-state index is 14.3. The lowest BCUT2D eigenvalue weighted by molar-refractivity contribution is -0.121. The van der Waals surface area contributed by atoms with E-state index in [4.69, 9.17) is 9.47 Å². The Hall–Kier alpha value is -4.47. The molecule has 3 heterocycles. The summed E-state index contributed by atoms with van der Waals surface area (Å²) in [6.45, 7) is 1.16. The number of carbonyl (C=O) groups is 3. The number of nitrogens with zero attached hydrogens (tertiary/aromatic N) is 2. The van der Waals surface area contributed by atoms with Crippen LogP contribution in [0.2, 0.25) is 0 Å². The maximum Gasteiger partial charge on any atom is 0.272 e. The van der Waals surface area contributed by atoms with E-state index in [1.807, 2.05) is 0 Å². The second kappa shape index (κ2) is 12.7. The fourth-order valence-corrected chi connectivity index (χ4v) is 4.06. The summed E-state index contributed by atoms with van der Waals surface area (Å²) in [6.07, 6.45) is 2.68. The zero-order chi connectivity index (χ0) is 26.9. The van der Waals surface area contributed by atoms with E-state index in [1.54, 1.807) is 53.6 Å². The Balaban J connectivity index is 1.56. The Morgan fingerprint density at radius 2 is 1.89 bits per heavy atom. The normalized spacial score (nSPS) is 15.2. The third-order valence-electron chi connectivity index (χ3n) is 5.97. The van der Waals surface area contributed by atoms with Gasteiger partial charge in [-0.3, -0.25) is 19.4 Å². The molecule has 1 aromatic heterocycles. The van der Waals surface area contributed by atoms with Gasteiger partial charge in [0.15, 0.2) is 11.5 Å². The van der Waals surface area contributed by atoms with Gasteiger partial charge in [0.05, 0.1) is 7.11 Å². The average molecular weight is 521 g/mol. The number of aromatic nitrogens is 1. The number of benzene rings is 2. The molecular formula is C28H29FN4O5. The molecule has 38 heavy (non-hydrogen) atoms.